The van der Waals surface area contributed by atoms with E-state index in [2.05, 4.69) is 19.1 Å². The van der Waals surface area contributed by atoms with Crippen LogP contribution in [0.4, 0.5) is 0 Å². The molecule has 0 spiro atoms. The maximum Gasteiger partial charge on any atom is 0.309 e. The van der Waals surface area contributed by atoms with Crippen LogP contribution in [0.3, 0.4) is 0 Å². The summed E-state index contributed by atoms with van der Waals surface area (Å²) in [5.41, 5.74) is 4.34. The summed E-state index contributed by atoms with van der Waals surface area (Å²) in [6, 6.07) is 8.18. The van der Waals surface area contributed by atoms with Gasteiger partial charge in [0.2, 0.25) is 0 Å². The fourth-order valence-corrected chi connectivity index (χ4v) is 4.74. The van der Waals surface area contributed by atoms with E-state index in [1.165, 1.54) is 5.56 Å². The molecule has 0 radical (unpaired) electrons. The Bertz CT molecular complexity index is 1040. The molecule has 2 N–H and O–H groups in total. The zero-order valence-electron chi connectivity index (χ0n) is 21.6. The van der Waals surface area contributed by atoms with Gasteiger partial charge in [-0.2, -0.15) is 0 Å². The van der Waals surface area contributed by atoms with Gasteiger partial charge in [0.1, 0.15) is 22.8 Å². The SMILES string of the molecule is Cc1c(C)c2c(c(C)c1O)CC[C@@](C)(CCCc1cccc(OCCCC(C)(C)C(=O)O)c1)O2. The Morgan fingerprint density at radius 2 is 1.88 bits per heavy atom. The Kier molecular flexibility index (Phi) is 7.84. The molecule has 0 aromatic heterocycles. The predicted molar refractivity (Wildman–Crippen MR) is 135 cm³/mol. The zero-order chi connectivity index (χ0) is 25.1. The molecule has 0 bridgehead atoms. The molecule has 5 nitrogen and oxygen atoms in total. The molecule has 186 valence electrons. The average Bonchev–Trinajstić information content (AvgIpc) is 2.79. The van der Waals surface area contributed by atoms with Crippen LogP contribution in [0.5, 0.6) is 17.2 Å². The van der Waals surface area contributed by atoms with E-state index in [1.54, 1.807) is 13.8 Å². The van der Waals surface area contributed by atoms with Crippen molar-refractivity contribution in [2.45, 2.75) is 92.1 Å². The molecule has 1 aliphatic heterocycles. The Morgan fingerprint density at radius 3 is 2.59 bits per heavy atom. The first-order valence-electron chi connectivity index (χ1n) is 12.4. The fourth-order valence-electron chi connectivity index (χ4n) is 4.74. The van der Waals surface area contributed by atoms with E-state index in [9.17, 15) is 15.0 Å². The van der Waals surface area contributed by atoms with Gasteiger partial charge in [0.05, 0.1) is 12.0 Å². The van der Waals surface area contributed by atoms with E-state index in [0.29, 0.717) is 25.2 Å². The molecule has 34 heavy (non-hydrogen) atoms. The van der Waals surface area contributed by atoms with Crippen molar-refractivity contribution in [3.63, 3.8) is 0 Å². The molecule has 0 saturated heterocycles. The lowest BCUT2D eigenvalue weighted by atomic mass is 9.84. The third-order valence-corrected chi connectivity index (χ3v) is 7.46. The average molecular weight is 469 g/mol. The number of aromatic hydroxyl groups is 1. The summed E-state index contributed by atoms with van der Waals surface area (Å²) in [5.74, 6) is 1.42. The van der Waals surface area contributed by atoms with Crippen LogP contribution in [0, 0.1) is 26.2 Å². The second kappa shape index (κ2) is 10.3. The number of carbonyl (C=O) groups is 1. The van der Waals surface area contributed by atoms with Crippen LogP contribution in [-0.2, 0) is 17.6 Å². The lowest BCUT2D eigenvalue weighted by Gasteiger charge is -2.38. The van der Waals surface area contributed by atoms with Gasteiger partial charge >= 0.3 is 5.97 Å². The highest BCUT2D eigenvalue weighted by molar-refractivity contribution is 5.73. The Hall–Kier alpha value is -2.69. The van der Waals surface area contributed by atoms with Crippen LogP contribution in [0.2, 0.25) is 0 Å². The molecule has 0 fully saturated rings. The minimum Gasteiger partial charge on any atom is -0.507 e. The third-order valence-electron chi connectivity index (χ3n) is 7.46. The predicted octanol–water partition coefficient (Wildman–Crippen LogP) is 6.69. The number of carboxylic acids is 1. The van der Waals surface area contributed by atoms with Gasteiger partial charge in [-0.05, 0) is 121 Å². The van der Waals surface area contributed by atoms with Crippen molar-refractivity contribution in [3.05, 3.63) is 52.1 Å². The topological polar surface area (TPSA) is 76.0 Å². The summed E-state index contributed by atoms with van der Waals surface area (Å²) in [7, 11) is 0. The highest BCUT2D eigenvalue weighted by atomic mass is 16.5. The smallest absolute Gasteiger partial charge is 0.309 e. The van der Waals surface area contributed by atoms with E-state index in [0.717, 1.165) is 65.9 Å². The first-order valence-corrected chi connectivity index (χ1v) is 12.4. The van der Waals surface area contributed by atoms with E-state index in [1.807, 2.05) is 32.9 Å². The van der Waals surface area contributed by atoms with Crippen molar-refractivity contribution in [3.8, 4) is 17.2 Å². The fraction of sp³-hybridized carbons (Fsp3) is 0.552. The molecule has 3 rings (SSSR count). The van der Waals surface area contributed by atoms with E-state index >= 15 is 0 Å². The van der Waals surface area contributed by atoms with Crippen molar-refractivity contribution in [1.82, 2.24) is 0 Å². The van der Waals surface area contributed by atoms with Crippen molar-refractivity contribution < 1.29 is 24.5 Å². The first-order chi connectivity index (χ1) is 15.9. The number of hydrogen-bond donors (Lipinski definition) is 2. The zero-order valence-corrected chi connectivity index (χ0v) is 21.6. The molecule has 2 aromatic carbocycles. The van der Waals surface area contributed by atoms with Gasteiger partial charge in [-0.25, -0.2) is 0 Å². The molecule has 0 aliphatic carbocycles. The van der Waals surface area contributed by atoms with Gasteiger partial charge in [-0.1, -0.05) is 12.1 Å². The summed E-state index contributed by atoms with van der Waals surface area (Å²) >= 11 is 0. The number of aryl methyl sites for hydroxylation is 1. The highest BCUT2D eigenvalue weighted by Gasteiger charge is 2.34. The maximum atomic E-state index is 11.2. The van der Waals surface area contributed by atoms with Crippen molar-refractivity contribution in [2.75, 3.05) is 6.61 Å². The van der Waals surface area contributed by atoms with Crippen molar-refractivity contribution in [1.29, 1.82) is 0 Å². The van der Waals surface area contributed by atoms with Crippen LogP contribution < -0.4 is 9.47 Å². The summed E-state index contributed by atoms with van der Waals surface area (Å²) in [6.07, 6.45) is 6.07. The lowest BCUT2D eigenvalue weighted by Crippen LogP contribution is -2.37. The second-order valence-corrected chi connectivity index (χ2v) is 10.7. The molecule has 1 aliphatic rings. The highest BCUT2D eigenvalue weighted by Crippen LogP contribution is 2.44. The van der Waals surface area contributed by atoms with Gasteiger partial charge in [-0.3, -0.25) is 4.79 Å². The normalized spacial score (nSPS) is 17.7. The van der Waals surface area contributed by atoms with E-state index < -0.39 is 11.4 Å². The van der Waals surface area contributed by atoms with E-state index in [4.69, 9.17) is 9.47 Å². The van der Waals surface area contributed by atoms with Gasteiger partial charge in [-0.15, -0.1) is 0 Å². The number of ether oxygens (including phenoxy) is 2. The number of hydrogen-bond acceptors (Lipinski definition) is 4. The first kappa shape index (κ1) is 25.9. The third kappa shape index (κ3) is 5.86. The van der Waals surface area contributed by atoms with Crippen LogP contribution in [-0.4, -0.2) is 28.4 Å². The van der Waals surface area contributed by atoms with Gasteiger partial charge in [0.25, 0.3) is 0 Å². The molecule has 2 aromatic rings. The molecule has 0 unspecified atom stereocenters. The number of phenols is 1. The summed E-state index contributed by atoms with van der Waals surface area (Å²) in [6.45, 7) is 12.2. The van der Waals surface area contributed by atoms with Crippen LogP contribution in [0.25, 0.3) is 0 Å². The largest absolute Gasteiger partial charge is 0.507 e. The van der Waals surface area contributed by atoms with E-state index in [-0.39, 0.29) is 5.60 Å². The van der Waals surface area contributed by atoms with Gasteiger partial charge in [0.15, 0.2) is 0 Å². The van der Waals surface area contributed by atoms with Crippen LogP contribution >= 0.6 is 0 Å². The number of aliphatic carboxylic acids is 1. The monoisotopic (exact) mass is 468 g/mol. The maximum absolute atomic E-state index is 11.2. The van der Waals surface area contributed by atoms with Crippen molar-refractivity contribution in [2.24, 2.45) is 5.41 Å². The number of fused-ring (bicyclic) bond motifs is 1. The van der Waals surface area contributed by atoms with Gasteiger partial charge in [0, 0.05) is 5.56 Å². The minimum atomic E-state index is -0.771. The summed E-state index contributed by atoms with van der Waals surface area (Å²) < 4.78 is 12.4. The Balaban J connectivity index is 1.53. The number of carboxylic acid groups (broad SMARTS) is 1. The number of rotatable bonds is 10. The molecular formula is C29H40O5. The van der Waals surface area contributed by atoms with Gasteiger partial charge < -0.3 is 19.7 Å². The van der Waals surface area contributed by atoms with Crippen molar-refractivity contribution >= 4 is 5.97 Å². The molecule has 5 heteroatoms. The lowest BCUT2D eigenvalue weighted by molar-refractivity contribution is -0.147. The minimum absolute atomic E-state index is 0.210. The Morgan fingerprint density at radius 1 is 1.15 bits per heavy atom. The molecule has 1 atom stereocenters. The quantitative estimate of drug-likeness (QED) is 0.380. The van der Waals surface area contributed by atoms with Crippen LogP contribution in [0.15, 0.2) is 24.3 Å². The molecular weight excluding hydrogens is 428 g/mol. The second-order valence-electron chi connectivity index (χ2n) is 10.7. The number of benzene rings is 2. The standard InChI is InChI=1S/C29H40O5/c1-19-20(2)26-24(21(3)25(19)30)13-16-29(6,34-26)15-8-11-22-10-7-12-23(18-22)33-17-9-14-28(4,5)27(31)32/h7,10,12,18,30H,8-9,11,13-17H2,1-6H3,(H,31,32)/t29-/m1/s1. The summed E-state index contributed by atoms with van der Waals surface area (Å²) in [5, 5.41) is 19.6. The summed E-state index contributed by atoms with van der Waals surface area (Å²) in [4.78, 5) is 11.2. The number of phenolic OH excluding ortho intramolecular Hbond substituents is 1. The molecule has 0 amide bonds. The molecule has 1 heterocycles. The Labute approximate surface area is 204 Å². The molecule has 0 saturated carbocycles. The van der Waals surface area contributed by atoms with Crippen LogP contribution in [0.1, 0.15) is 80.7 Å².